The van der Waals surface area contributed by atoms with Crippen LogP contribution >= 0.6 is 27.3 Å². The first-order chi connectivity index (χ1) is 11.3. The molecule has 0 unspecified atom stereocenters. The number of unbranched alkanes of at least 4 members (excludes halogenated alkanes) is 1. The van der Waals surface area contributed by atoms with Gasteiger partial charge in [-0.2, -0.15) is 0 Å². The highest BCUT2D eigenvalue weighted by atomic mass is 79.9. The van der Waals surface area contributed by atoms with E-state index in [9.17, 15) is 0 Å². The van der Waals surface area contributed by atoms with Crippen LogP contribution in [0.5, 0.6) is 5.75 Å². The number of hydrogen-bond donors (Lipinski definition) is 0. The third-order valence-corrected chi connectivity index (χ3v) is 5.43. The number of ether oxygens (including phenoxy) is 1. The molecule has 23 heavy (non-hydrogen) atoms. The van der Waals surface area contributed by atoms with Gasteiger partial charge in [0.1, 0.15) is 5.75 Å². The van der Waals surface area contributed by atoms with Crippen LogP contribution in [0, 0.1) is 0 Å². The summed E-state index contributed by atoms with van der Waals surface area (Å²) in [6, 6.07) is 8.50. The monoisotopic (exact) mass is 389 g/mol. The van der Waals surface area contributed by atoms with E-state index >= 15 is 0 Å². The molecule has 0 fully saturated rings. The summed E-state index contributed by atoms with van der Waals surface area (Å²) in [7, 11) is 0. The van der Waals surface area contributed by atoms with E-state index < -0.39 is 0 Å². The normalized spacial score (nSPS) is 13.9. The average molecular weight is 390 g/mol. The summed E-state index contributed by atoms with van der Waals surface area (Å²) < 4.78 is 6.95. The molecule has 0 amide bonds. The minimum Gasteiger partial charge on any atom is -0.494 e. The minimum atomic E-state index is 0.795. The maximum absolute atomic E-state index is 5.82. The first kappa shape index (κ1) is 16.5. The molecule has 0 radical (unpaired) electrons. The zero-order valence-electron chi connectivity index (χ0n) is 13.2. The second-order valence-electron chi connectivity index (χ2n) is 5.54. The summed E-state index contributed by atoms with van der Waals surface area (Å²) in [5.41, 5.74) is 3.63. The zero-order chi connectivity index (χ0) is 16.1. The van der Waals surface area contributed by atoms with Gasteiger partial charge in [0.05, 0.1) is 12.3 Å². The summed E-state index contributed by atoms with van der Waals surface area (Å²) in [6.07, 6.45) is 7.50. The standard InChI is InChI=1S/C19H20BrNOS/c1-2-3-10-22-16-4-6-18-14(11-16)8-9-21-19(18)7-5-17-12-15(20)13-23-17/h4-7,11-13H,2-3,8-10H2,1H3/b7-5+. The largest absolute Gasteiger partial charge is 0.494 e. The van der Waals surface area contributed by atoms with Gasteiger partial charge in [-0.25, -0.2) is 0 Å². The van der Waals surface area contributed by atoms with Gasteiger partial charge >= 0.3 is 0 Å². The molecule has 0 aliphatic carbocycles. The number of nitrogens with zero attached hydrogens (tertiary/aromatic N) is 1. The molecule has 120 valence electrons. The molecule has 1 aromatic heterocycles. The number of thiophene rings is 1. The van der Waals surface area contributed by atoms with Crippen LogP contribution in [0.2, 0.25) is 0 Å². The van der Waals surface area contributed by atoms with Crippen molar-refractivity contribution in [2.75, 3.05) is 13.2 Å². The van der Waals surface area contributed by atoms with Gasteiger partial charge in [0.2, 0.25) is 0 Å². The van der Waals surface area contributed by atoms with Crippen LogP contribution in [-0.4, -0.2) is 18.9 Å². The lowest BCUT2D eigenvalue weighted by Crippen LogP contribution is -2.11. The van der Waals surface area contributed by atoms with E-state index in [2.05, 4.69) is 69.6 Å². The predicted molar refractivity (Wildman–Crippen MR) is 103 cm³/mol. The van der Waals surface area contributed by atoms with Gasteiger partial charge in [0.25, 0.3) is 0 Å². The van der Waals surface area contributed by atoms with Crippen molar-refractivity contribution in [2.45, 2.75) is 26.2 Å². The molecule has 2 nitrogen and oxygen atoms in total. The number of rotatable bonds is 6. The van der Waals surface area contributed by atoms with Crippen LogP contribution < -0.4 is 4.74 Å². The molecule has 0 bridgehead atoms. The molecule has 1 aliphatic rings. The Bertz CT molecular complexity index is 733. The number of hydrogen-bond acceptors (Lipinski definition) is 3. The van der Waals surface area contributed by atoms with Gasteiger partial charge in [0, 0.05) is 26.8 Å². The van der Waals surface area contributed by atoms with Crippen molar-refractivity contribution in [3.63, 3.8) is 0 Å². The van der Waals surface area contributed by atoms with Gasteiger partial charge in [-0.3, -0.25) is 4.99 Å². The van der Waals surface area contributed by atoms with Crippen LogP contribution in [0.3, 0.4) is 0 Å². The Hall–Kier alpha value is -1.39. The Morgan fingerprint density at radius 3 is 3.00 bits per heavy atom. The molecule has 3 rings (SSSR count). The van der Waals surface area contributed by atoms with Gasteiger partial charge in [-0.05, 0) is 70.8 Å². The van der Waals surface area contributed by atoms with Crippen LogP contribution in [0.1, 0.15) is 35.8 Å². The molecule has 4 heteroatoms. The van der Waals surface area contributed by atoms with E-state index in [4.69, 9.17) is 4.74 Å². The Kier molecular flexibility index (Phi) is 5.68. The number of fused-ring (bicyclic) bond motifs is 1. The first-order valence-electron chi connectivity index (χ1n) is 7.99. The summed E-state index contributed by atoms with van der Waals surface area (Å²) in [5, 5.41) is 2.09. The lowest BCUT2D eigenvalue weighted by molar-refractivity contribution is 0.309. The van der Waals surface area contributed by atoms with E-state index in [0.29, 0.717) is 0 Å². The Labute approximate surface area is 150 Å². The highest BCUT2D eigenvalue weighted by molar-refractivity contribution is 9.10. The smallest absolute Gasteiger partial charge is 0.119 e. The average Bonchev–Trinajstić information content (AvgIpc) is 2.98. The molecule has 0 N–H and O–H groups in total. The van der Waals surface area contributed by atoms with Gasteiger partial charge < -0.3 is 4.74 Å². The minimum absolute atomic E-state index is 0.795. The number of benzene rings is 1. The van der Waals surface area contributed by atoms with E-state index in [1.807, 2.05) is 0 Å². The van der Waals surface area contributed by atoms with Crippen molar-refractivity contribution in [1.29, 1.82) is 0 Å². The Morgan fingerprint density at radius 2 is 2.22 bits per heavy atom. The third-order valence-electron chi connectivity index (χ3n) is 3.78. The molecular formula is C19H20BrNOS. The molecule has 0 saturated carbocycles. The summed E-state index contributed by atoms with van der Waals surface area (Å²) in [4.78, 5) is 5.91. The van der Waals surface area contributed by atoms with E-state index in [1.165, 1.54) is 16.0 Å². The zero-order valence-corrected chi connectivity index (χ0v) is 15.6. The molecule has 1 aliphatic heterocycles. The fourth-order valence-electron chi connectivity index (χ4n) is 2.55. The molecule has 1 aromatic carbocycles. The SMILES string of the molecule is CCCCOc1ccc2c(c1)CCN=C2/C=C/c1cc(Br)cs1. The highest BCUT2D eigenvalue weighted by Crippen LogP contribution is 2.25. The highest BCUT2D eigenvalue weighted by Gasteiger charge is 2.13. The number of halogens is 1. The van der Waals surface area contributed by atoms with E-state index in [-0.39, 0.29) is 0 Å². The van der Waals surface area contributed by atoms with Gasteiger partial charge in [-0.15, -0.1) is 11.3 Å². The molecule has 0 spiro atoms. The van der Waals surface area contributed by atoms with Crippen molar-refractivity contribution < 1.29 is 4.74 Å². The van der Waals surface area contributed by atoms with Gasteiger partial charge in [0.15, 0.2) is 0 Å². The van der Waals surface area contributed by atoms with Crippen molar-refractivity contribution >= 4 is 39.1 Å². The summed E-state index contributed by atoms with van der Waals surface area (Å²) in [5.74, 6) is 0.976. The number of aliphatic imine (C=N–C) groups is 1. The number of allylic oxidation sites excluding steroid dienone is 1. The topological polar surface area (TPSA) is 21.6 Å². The lowest BCUT2D eigenvalue weighted by Gasteiger charge is -2.16. The maximum atomic E-state index is 5.82. The maximum Gasteiger partial charge on any atom is 0.119 e. The molecule has 2 heterocycles. The predicted octanol–water partition coefficient (Wildman–Crippen LogP) is 5.75. The Balaban J connectivity index is 1.75. The lowest BCUT2D eigenvalue weighted by atomic mass is 9.97. The van der Waals surface area contributed by atoms with Crippen LogP contribution in [0.25, 0.3) is 6.08 Å². The quantitative estimate of drug-likeness (QED) is 0.576. The van der Waals surface area contributed by atoms with E-state index in [1.54, 1.807) is 11.3 Å². The van der Waals surface area contributed by atoms with E-state index in [0.717, 1.165) is 48.3 Å². The van der Waals surface area contributed by atoms with Crippen LogP contribution in [0.4, 0.5) is 0 Å². The molecule has 0 saturated heterocycles. The first-order valence-corrected chi connectivity index (χ1v) is 9.66. The molecule has 2 aromatic rings. The second-order valence-corrected chi connectivity index (χ2v) is 7.40. The molecule has 0 atom stereocenters. The van der Waals surface area contributed by atoms with Crippen molar-refractivity contribution in [3.05, 3.63) is 56.2 Å². The summed E-state index contributed by atoms with van der Waals surface area (Å²) >= 11 is 5.21. The van der Waals surface area contributed by atoms with Crippen molar-refractivity contribution in [1.82, 2.24) is 0 Å². The van der Waals surface area contributed by atoms with Crippen LogP contribution in [-0.2, 0) is 6.42 Å². The third kappa shape index (κ3) is 4.33. The fraction of sp³-hybridized carbons (Fsp3) is 0.316. The van der Waals surface area contributed by atoms with Crippen molar-refractivity contribution in [2.24, 2.45) is 4.99 Å². The van der Waals surface area contributed by atoms with Crippen LogP contribution in [0.15, 0.2) is 45.2 Å². The summed E-state index contributed by atoms with van der Waals surface area (Å²) in [6.45, 7) is 3.82. The molecular weight excluding hydrogens is 370 g/mol. The second kappa shape index (κ2) is 7.93. The van der Waals surface area contributed by atoms with Crippen molar-refractivity contribution in [3.8, 4) is 5.75 Å². The Morgan fingerprint density at radius 1 is 1.30 bits per heavy atom. The van der Waals surface area contributed by atoms with Gasteiger partial charge in [-0.1, -0.05) is 13.3 Å². The fourth-order valence-corrected chi connectivity index (χ4v) is 3.89.